The van der Waals surface area contributed by atoms with Crippen LogP contribution in [-0.4, -0.2) is 23.9 Å². The van der Waals surface area contributed by atoms with Crippen LogP contribution in [0.25, 0.3) is 0 Å². The molecule has 0 radical (unpaired) electrons. The van der Waals surface area contributed by atoms with Gasteiger partial charge in [0, 0.05) is 13.1 Å². The van der Waals surface area contributed by atoms with Crippen molar-refractivity contribution in [2.45, 2.75) is 44.8 Å². The van der Waals surface area contributed by atoms with Gasteiger partial charge in [-0.1, -0.05) is 19.1 Å². The summed E-state index contributed by atoms with van der Waals surface area (Å²) in [5.74, 6) is 0.929. The molecule has 1 aromatic rings. The molecule has 2 N–H and O–H groups in total. The summed E-state index contributed by atoms with van der Waals surface area (Å²) >= 11 is 0. The molecule has 0 unspecified atom stereocenters. The number of nitrogens with one attached hydrogen (secondary N) is 1. The lowest BCUT2D eigenvalue weighted by Crippen LogP contribution is -2.45. The average Bonchev–Trinajstić information content (AvgIpc) is 2.36. The van der Waals surface area contributed by atoms with Crippen molar-refractivity contribution < 1.29 is 9.84 Å². The molecule has 1 fully saturated rings. The van der Waals surface area contributed by atoms with E-state index in [0.717, 1.165) is 44.6 Å². The van der Waals surface area contributed by atoms with E-state index in [1.54, 1.807) is 0 Å². The van der Waals surface area contributed by atoms with Crippen molar-refractivity contribution in [1.29, 1.82) is 0 Å². The molecule has 100 valence electrons. The van der Waals surface area contributed by atoms with E-state index in [0.29, 0.717) is 6.54 Å². The van der Waals surface area contributed by atoms with E-state index in [9.17, 15) is 5.11 Å². The first kappa shape index (κ1) is 13.4. The molecule has 0 amide bonds. The molecule has 0 bridgehead atoms. The van der Waals surface area contributed by atoms with Crippen LogP contribution in [0.4, 0.5) is 0 Å². The minimum Gasteiger partial charge on any atom is -0.494 e. The predicted molar refractivity (Wildman–Crippen MR) is 72.7 cm³/mol. The summed E-state index contributed by atoms with van der Waals surface area (Å²) in [6.07, 6.45) is 4.05. The topological polar surface area (TPSA) is 41.5 Å². The summed E-state index contributed by atoms with van der Waals surface area (Å²) in [7, 11) is 0. The fourth-order valence-corrected chi connectivity index (χ4v) is 2.12. The Morgan fingerprint density at radius 2 is 2.00 bits per heavy atom. The van der Waals surface area contributed by atoms with Gasteiger partial charge >= 0.3 is 0 Å². The fraction of sp³-hybridized carbons (Fsp3) is 0.600. The Labute approximate surface area is 109 Å². The molecule has 3 nitrogen and oxygen atoms in total. The fourth-order valence-electron chi connectivity index (χ4n) is 2.12. The van der Waals surface area contributed by atoms with E-state index in [-0.39, 0.29) is 0 Å². The third-order valence-corrected chi connectivity index (χ3v) is 3.46. The average molecular weight is 249 g/mol. The molecule has 0 aromatic heterocycles. The zero-order valence-electron chi connectivity index (χ0n) is 11.1. The Kier molecular flexibility index (Phi) is 4.61. The van der Waals surface area contributed by atoms with Crippen LogP contribution in [-0.2, 0) is 6.54 Å². The van der Waals surface area contributed by atoms with Crippen LogP contribution in [0.3, 0.4) is 0 Å². The lowest BCUT2D eigenvalue weighted by molar-refractivity contribution is -0.0314. The molecule has 3 heteroatoms. The van der Waals surface area contributed by atoms with E-state index in [1.165, 1.54) is 5.56 Å². The highest BCUT2D eigenvalue weighted by Crippen LogP contribution is 2.30. The van der Waals surface area contributed by atoms with Crippen molar-refractivity contribution in [2.75, 3.05) is 13.2 Å². The minimum absolute atomic E-state index is 0.440. The van der Waals surface area contributed by atoms with Gasteiger partial charge in [-0.25, -0.2) is 0 Å². The third-order valence-electron chi connectivity index (χ3n) is 3.46. The van der Waals surface area contributed by atoms with Gasteiger partial charge in [-0.2, -0.15) is 0 Å². The normalized spacial score (nSPS) is 17.2. The Bertz CT molecular complexity index is 357. The Morgan fingerprint density at radius 1 is 1.28 bits per heavy atom. The Morgan fingerprint density at radius 3 is 2.56 bits per heavy atom. The molecule has 1 saturated carbocycles. The van der Waals surface area contributed by atoms with Gasteiger partial charge in [-0.15, -0.1) is 0 Å². The number of hydrogen-bond donors (Lipinski definition) is 2. The van der Waals surface area contributed by atoms with E-state index >= 15 is 0 Å². The summed E-state index contributed by atoms with van der Waals surface area (Å²) in [4.78, 5) is 0. The summed E-state index contributed by atoms with van der Waals surface area (Å²) in [6.45, 7) is 4.37. The first-order chi connectivity index (χ1) is 8.72. The molecule has 0 spiro atoms. The SMILES string of the molecule is CCCOc1ccc(CNCC2(O)CCC2)cc1. The van der Waals surface area contributed by atoms with Crippen LogP contribution in [0.15, 0.2) is 24.3 Å². The first-order valence-electron chi connectivity index (χ1n) is 6.87. The zero-order chi connectivity index (χ0) is 12.8. The van der Waals surface area contributed by atoms with Gasteiger partial charge in [0.15, 0.2) is 0 Å². The van der Waals surface area contributed by atoms with Gasteiger partial charge in [-0.3, -0.25) is 0 Å². The number of hydrogen-bond acceptors (Lipinski definition) is 3. The molecule has 18 heavy (non-hydrogen) atoms. The van der Waals surface area contributed by atoms with Gasteiger partial charge in [0.25, 0.3) is 0 Å². The first-order valence-corrected chi connectivity index (χ1v) is 6.87. The smallest absolute Gasteiger partial charge is 0.119 e. The monoisotopic (exact) mass is 249 g/mol. The van der Waals surface area contributed by atoms with Gasteiger partial charge in [-0.05, 0) is 43.4 Å². The molecular weight excluding hydrogens is 226 g/mol. The molecule has 0 aliphatic heterocycles. The van der Waals surface area contributed by atoms with Crippen molar-refractivity contribution in [3.8, 4) is 5.75 Å². The van der Waals surface area contributed by atoms with Crippen molar-refractivity contribution in [3.05, 3.63) is 29.8 Å². The minimum atomic E-state index is -0.440. The van der Waals surface area contributed by atoms with Crippen molar-refractivity contribution >= 4 is 0 Å². The van der Waals surface area contributed by atoms with Crippen LogP contribution in [0, 0.1) is 0 Å². The lowest BCUT2D eigenvalue weighted by atomic mass is 9.80. The van der Waals surface area contributed by atoms with Crippen molar-refractivity contribution in [3.63, 3.8) is 0 Å². The van der Waals surface area contributed by atoms with Gasteiger partial charge in [0.2, 0.25) is 0 Å². The number of rotatable bonds is 7. The van der Waals surface area contributed by atoms with Crippen molar-refractivity contribution in [1.82, 2.24) is 5.32 Å². The van der Waals surface area contributed by atoms with E-state index in [1.807, 2.05) is 12.1 Å². The maximum atomic E-state index is 9.95. The van der Waals surface area contributed by atoms with Crippen LogP contribution in [0.5, 0.6) is 5.75 Å². The summed E-state index contributed by atoms with van der Waals surface area (Å²) < 4.78 is 5.53. The summed E-state index contributed by atoms with van der Waals surface area (Å²) in [5.41, 5.74) is 0.784. The predicted octanol–water partition coefficient (Wildman–Crippen LogP) is 2.48. The Hall–Kier alpha value is -1.06. The second-order valence-corrected chi connectivity index (χ2v) is 5.17. The number of ether oxygens (including phenoxy) is 1. The van der Waals surface area contributed by atoms with Gasteiger partial charge in [0.05, 0.1) is 12.2 Å². The molecule has 0 saturated heterocycles. The standard InChI is InChI=1S/C15H23NO2/c1-2-10-18-14-6-4-13(5-7-14)11-16-12-15(17)8-3-9-15/h4-7,16-17H,2-3,8-12H2,1H3. The molecule has 1 aromatic carbocycles. The van der Waals surface area contributed by atoms with E-state index < -0.39 is 5.60 Å². The maximum absolute atomic E-state index is 9.95. The van der Waals surface area contributed by atoms with Crippen LogP contribution in [0.2, 0.25) is 0 Å². The second kappa shape index (κ2) is 6.21. The Balaban J connectivity index is 1.72. The van der Waals surface area contributed by atoms with E-state index in [2.05, 4.69) is 24.4 Å². The number of aliphatic hydroxyl groups is 1. The van der Waals surface area contributed by atoms with Gasteiger partial charge in [0.1, 0.15) is 5.75 Å². The largest absolute Gasteiger partial charge is 0.494 e. The summed E-state index contributed by atoms with van der Waals surface area (Å²) in [5, 5.41) is 13.3. The third kappa shape index (κ3) is 3.72. The van der Waals surface area contributed by atoms with E-state index in [4.69, 9.17) is 4.74 Å². The molecule has 1 aliphatic carbocycles. The molecule has 2 rings (SSSR count). The molecule has 1 aliphatic rings. The highest BCUT2D eigenvalue weighted by molar-refractivity contribution is 5.27. The van der Waals surface area contributed by atoms with Crippen LogP contribution >= 0.6 is 0 Å². The molecular formula is C15H23NO2. The summed E-state index contributed by atoms with van der Waals surface area (Å²) in [6, 6.07) is 8.15. The van der Waals surface area contributed by atoms with Gasteiger partial charge < -0.3 is 15.2 Å². The second-order valence-electron chi connectivity index (χ2n) is 5.17. The zero-order valence-corrected chi connectivity index (χ0v) is 11.1. The lowest BCUT2D eigenvalue weighted by Gasteiger charge is -2.36. The molecule has 0 heterocycles. The maximum Gasteiger partial charge on any atom is 0.119 e. The van der Waals surface area contributed by atoms with Crippen molar-refractivity contribution in [2.24, 2.45) is 0 Å². The molecule has 0 atom stereocenters. The van der Waals surface area contributed by atoms with Crippen LogP contribution < -0.4 is 10.1 Å². The van der Waals surface area contributed by atoms with Crippen LogP contribution in [0.1, 0.15) is 38.2 Å². The quantitative estimate of drug-likeness (QED) is 0.780. The highest BCUT2D eigenvalue weighted by Gasteiger charge is 2.33. The number of benzene rings is 1. The highest BCUT2D eigenvalue weighted by atomic mass is 16.5.